The number of aldehydes is 2. The van der Waals surface area contributed by atoms with Gasteiger partial charge in [-0.2, -0.15) is 0 Å². The second kappa shape index (κ2) is 17.1. The van der Waals surface area contributed by atoms with Crippen LogP contribution in [0.4, 0.5) is 0 Å². The number of hydrogen-bond donors (Lipinski definition) is 1. The molecule has 0 unspecified atom stereocenters. The first kappa shape index (κ1) is 23.3. The van der Waals surface area contributed by atoms with E-state index in [0.29, 0.717) is 26.1 Å². The van der Waals surface area contributed by atoms with Gasteiger partial charge in [0.1, 0.15) is 12.6 Å². The Morgan fingerprint density at radius 3 is 1.43 bits per heavy atom. The summed E-state index contributed by atoms with van der Waals surface area (Å²) in [6.07, 6.45) is 13.8. The van der Waals surface area contributed by atoms with Crippen molar-refractivity contribution in [1.29, 1.82) is 0 Å². The molecule has 0 spiro atoms. The average molecular weight is 383 g/mol. The third kappa shape index (κ3) is 18.4. The molecular formula is C16H31O4PS2. The zero-order chi connectivity index (χ0) is 17.2. The van der Waals surface area contributed by atoms with Crippen LogP contribution < -0.4 is 0 Å². The van der Waals surface area contributed by atoms with Gasteiger partial charge in [0.2, 0.25) is 5.69 Å². The molecule has 4 nitrogen and oxygen atoms in total. The minimum atomic E-state index is -2.39. The third-order valence-corrected chi connectivity index (χ3v) is 5.78. The SMILES string of the molecule is O=CCCCCCCCOP(=S)(S)OCCCCCCCC=O. The molecule has 0 saturated carbocycles. The average Bonchev–Trinajstić information content (AvgIpc) is 2.52. The Bertz CT molecular complexity index is 312. The van der Waals surface area contributed by atoms with E-state index in [0.717, 1.165) is 76.8 Å². The molecule has 23 heavy (non-hydrogen) atoms. The number of carbonyl (C=O) groups is 2. The molecule has 0 amide bonds. The van der Waals surface area contributed by atoms with E-state index in [1.165, 1.54) is 0 Å². The monoisotopic (exact) mass is 382 g/mol. The van der Waals surface area contributed by atoms with Crippen LogP contribution in [0, 0.1) is 0 Å². The Morgan fingerprint density at radius 1 is 0.696 bits per heavy atom. The molecule has 0 bridgehead atoms. The lowest BCUT2D eigenvalue weighted by atomic mass is 10.1. The van der Waals surface area contributed by atoms with Crippen LogP contribution in [0.3, 0.4) is 0 Å². The van der Waals surface area contributed by atoms with Gasteiger partial charge in [0.15, 0.2) is 0 Å². The quantitative estimate of drug-likeness (QED) is 0.152. The van der Waals surface area contributed by atoms with Gasteiger partial charge in [0.25, 0.3) is 0 Å². The highest BCUT2D eigenvalue weighted by molar-refractivity contribution is 8.60. The first-order valence-corrected chi connectivity index (χ1v) is 12.4. The lowest BCUT2D eigenvalue weighted by Crippen LogP contribution is -1.96. The molecule has 0 aromatic carbocycles. The number of rotatable bonds is 18. The molecule has 0 aromatic rings. The lowest BCUT2D eigenvalue weighted by Gasteiger charge is -2.16. The molecule has 0 aliphatic heterocycles. The summed E-state index contributed by atoms with van der Waals surface area (Å²) in [5.74, 6) is 0. The maximum Gasteiger partial charge on any atom is 0.244 e. The standard InChI is InChI=1S/C16H31O4PS2/c17-13-9-5-1-3-7-11-15-19-21(22,23)20-16-12-8-4-2-6-10-14-18/h13-14H,1-12,15-16H2,(H,22,23). The van der Waals surface area contributed by atoms with Crippen molar-refractivity contribution >= 4 is 42.3 Å². The van der Waals surface area contributed by atoms with E-state index in [9.17, 15) is 9.59 Å². The number of unbranched alkanes of at least 4 members (excludes halogenated alkanes) is 10. The van der Waals surface area contributed by atoms with Crippen molar-refractivity contribution in [2.24, 2.45) is 0 Å². The van der Waals surface area contributed by atoms with E-state index < -0.39 is 5.69 Å². The number of carbonyl (C=O) groups excluding carboxylic acids is 2. The first-order chi connectivity index (χ1) is 11.1. The van der Waals surface area contributed by atoms with Crippen molar-refractivity contribution < 1.29 is 18.6 Å². The van der Waals surface area contributed by atoms with Crippen molar-refractivity contribution in [3.8, 4) is 0 Å². The van der Waals surface area contributed by atoms with E-state index in [1.54, 1.807) is 0 Å². The van der Waals surface area contributed by atoms with Crippen LogP contribution in [0.2, 0.25) is 0 Å². The largest absolute Gasteiger partial charge is 0.322 e. The summed E-state index contributed by atoms with van der Waals surface area (Å²) in [6.45, 7) is 1.19. The molecule has 0 fully saturated rings. The molecule has 0 aliphatic rings. The molecule has 0 N–H and O–H groups in total. The van der Waals surface area contributed by atoms with E-state index in [4.69, 9.17) is 20.9 Å². The summed E-state index contributed by atoms with van der Waals surface area (Å²) in [4.78, 5) is 20.3. The maximum atomic E-state index is 10.2. The number of thiol groups is 1. The zero-order valence-electron chi connectivity index (χ0n) is 14.0. The van der Waals surface area contributed by atoms with E-state index >= 15 is 0 Å². The molecule has 0 heterocycles. The molecule has 0 aromatic heterocycles. The van der Waals surface area contributed by atoms with Gasteiger partial charge in [-0.25, -0.2) is 0 Å². The van der Waals surface area contributed by atoms with E-state index in [-0.39, 0.29) is 0 Å². The summed E-state index contributed by atoms with van der Waals surface area (Å²) in [5.41, 5.74) is -2.39. The second-order valence-corrected chi connectivity index (χ2v) is 10.9. The number of hydrogen-bond acceptors (Lipinski definition) is 5. The summed E-state index contributed by atoms with van der Waals surface area (Å²) in [6, 6.07) is 0. The normalized spacial score (nSPS) is 11.5. The van der Waals surface area contributed by atoms with Gasteiger partial charge >= 0.3 is 0 Å². The van der Waals surface area contributed by atoms with Gasteiger partial charge in [-0.15, -0.1) is 0 Å². The van der Waals surface area contributed by atoms with Crippen molar-refractivity contribution in [2.45, 2.75) is 77.0 Å². The molecular weight excluding hydrogens is 351 g/mol. The van der Waals surface area contributed by atoms with Gasteiger partial charge in [-0.1, -0.05) is 50.8 Å². The van der Waals surface area contributed by atoms with Crippen molar-refractivity contribution in [1.82, 2.24) is 0 Å². The van der Waals surface area contributed by atoms with Crippen molar-refractivity contribution in [2.75, 3.05) is 13.2 Å². The van der Waals surface area contributed by atoms with Crippen LogP contribution in [0.15, 0.2) is 0 Å². The van der Waals surface area contributed by atoms with E-state index in [2.05, 4.69) is 12.2 Å². The summed E-state index contributed by atoms with van der Waals surface area (Å²) < 4.78 is 11.2. The zero-order valence-corrected chi connectivity index (χ0v) is 16.6. The highest BCUT2D eigenvalue weighted by atomic mass is 32.9. The van der Waals surface area contributed by atoms with Crippen LogP contribution >= 0.6 is 17.9 Å². The van der Waals surface area contributed by atoms with Crippen LogP contribution in [0.25, 0.3) is 0 Å². The third-order valence-electron chi connectivity index (χ3n) is 3.44. The van der Waals surface area contributed by atoms with Gasteiger partial charge < -0.3 is 18.6 Å². The van der Waals surface area contributed by atoms with Crippen LogP contribution in [0.5, 0.6) is 0 Å². The minimum Gasteiger partial charge on any atom is -0.322 e. The maximum absolute atomic E-state index is 10.2. The fraction of sp³-hybridized carbons (Fsp3) is 0.875. The van der Waals surface area contributed by atoms with Gasteiger partial charge in [0, 0.05) is 12.8 Å². The predicted octanol–water partition coefficient (Wildman–Crippen LogP) is 5.25. The Labute approximate surface area is 151 Å². The molecule has 0 atom stereocenters. The highest BCUT2D eigenvalue weighted by Gasteiger charge is 2.12. The van der Waals surface area contributed by atoms with Gasteiger partial charge in [-0.05, 0) is 37.5 Å². The summed E-state index contributed by atoms with van der Waals surface area (Å²) in [7, 11) is 0. The second-order valence-electron chi connectivity index (χ2n) is 5.58. The first-order valence-electron chi connectivity index (χ1n) is 8.61. The fourth-order valence-corrected chi connectivity index (χ4v) is 3.85. The minimum absolute atomic E-state index is 0.597. The van der Waals surface area contributed by atoms with Gasteiger partial charge in [-0.3, -0.25) is 0 Å². The Morgan fingerprint density at radius 2 is 1.04 bits per heavy atom. The molecule has 0 rings (SSSR count). The van der Waals surface area contributed by atoms with Crippen LogP contribution in [-0.2, 0) is 30.4 Å². The molecule has 136 valence electrons. The lowest BCUT2D eigenvalue weighted by molar-refractivity contribution is -0.108. The molecule has 0 radical (unpaired) electrons. The summed E-state index contributed by atoms with van der Waals surface area (Å²) in [5, 5.41) is 0. The van der Waals surface area contributed by atoms with Crippen molar-refractivity contribution in [3.05, 3.63) is 0 Å². The van der Waals surface area contributed by atoms with Crippen LogP contribution in [0.1, 0.15) is 77.0 Å². The molecule has 7 heteroatoms. The Hall–Kier alpha value is 0.260. The fourth-order valence-electron chi connectivity index (χ4n) is 2.12. The van der Waals surface area contributed by atoms with Crippen LogP contribution in [-0.4, -0.2) is 25.8 Å². The Balaban J connectivity index is 3.38. The predicted molar refractivity (Wildman–Crippen MR) is 103 cm³/mol. The smallest absolute Gasteiger partial charge is 0.244 e. The highest BCUT2D eigenvalue weighted by Crippen LogP contribution is 2.53. The van der Waals surface area contributed by atoms with Crippen molar-refractivity contribution in [3.63, 3.8) is 0 Å². The molecule has 0 aliphatic carbocycles. The topological polar surface area (TPSA) is 52.6 Å². The van der Waals surface area contributed by atoms with Gasteiger partial charge in [0.05, 0.1) is 13.2 Å². The van der Waals surface area contributed by atoms with E-state index in [1.807, 2.05) is 0 Å². The molecule has 0 saturated heterocycles. The Kier molecular flexibility index (Phi) is 17.3. The summed E-state index contributed by atoms with van der Waals surface area (Å²) >= 11 is 9.60.